The van der Waals surface area contributed by atoms with Gasteiger partial charge in [0.25, 0.3) is 0 Å². The number of alkyl carbamates (subject to hydrolysis) is 1. The summed E-state index contributed by atoms with van der Waals surface area (Å²) < 4.78 is 5.55. The molecule has 7 heteroatoms. The molecule has 1 saturated carbocycles. The van der Waals surface area contributed by atoms with Crippen molar-refractivity contribution in [3.05, 3.63) is 59.7 Å². The van der Waals surface area contributed by atoms with Crippen molar-refractivity contribution in [1.82, 2.24) is 10.6 Å². The van der Waals surface area contributed by atoms with Crippen molar-refractivity contribution in [1.29, 1.82) is 0 Å². The molecule has 33 heavy (non-hydrogen) atoms. The Kier molecular flexibility index (Phi) is 6.96. The Morgan fingerprint density at radius 3 is 2.12 bits per heavy atom. The number of benzene rings is 2. The second-order valence-corrected chi connectivity index (χ2v) is 8.89. The van der Waals surface area contributed by atoms with E-state index in [-0.39, 0.29) is 12.5 Å². The van der Waals surface area contributed by atoms with Crippen molar-refractivity contribution in [3.63, 3.8) is 0 Å². The van der Waals surface area contributed by atoms with E-state index >= 15 is 0 Å². The van der Waals surface area contributed by atoms with E-state index in [1.165, 1.54) is 0 Å². The first-order valence-corrected chi connectivity index (χ1v) is 11.6. The number of fused-ring (bicyclic) bond motifs is 3. The van der Waals surface area contributed by atoms with Gasteiger partial charge in [-0.05, 0) is 41.0 Å². The number of amides is 2. The predicted octanol–water partition coefficient (Wildman–Crippen LogP) is 4.06. The van der Waals surface area contributed by atoms with Gasteiger partial charge in [0, 0.05) is 5.92 Å². The Balaban J connectivity index is 1.37. The van der Waals surface area contributed by atoms with Gasteiger partial charge in [-0.15, -0.1) is 0 Å². The topological polar surface area (TPSA) is 105 Å². The van der Waals surface area contributed by atoms with E-state index in [0.29, 0.717) is 25.2 Å². The van der Waals surface area contributed by atoms with Gasteiger partial charge in [0.2, 0.25) is 5.91 Å². The largest absolute Gasteiger partial charge is 0.480 e. The van der Waals surface area contributed by atoms with Crippen LogP contribution in [-0.2, 0) is 14.3 Å². The molecule has 0 heterocycles. The summed E-state index contributed by atoms with van der Waals surface area (Å²) in [7, 11) is 0. The van der Waals surface area contributed by atoms with E-state index in [9.17, 15) is 19.5 Å². The van der Waals surface area contributed by atoms with Crippen molar-refractivity contribution in [2.24, 2.45) is 5.92 Å². The lowest BCUT2D eigenvalue weighted by molar-refractivity contribution is -0.142. The van der Waals surface area contributed by atoms with Crippen molar-refractivity contribution >= 4 is 18.0 Å². The van der Waals surface area contributed by atoms with E-state index < -0.39 is 30.1 Å². The third kappa shape index (κ3) is 5.35. The number of carbonyl (C=O) groups excluding carboxylic acids is 2. The molecule has 2 aliphatic carbocycles. The lowest BCUT2D eigenvalue weighted by Crippen LogP contribution is -2.51. The number of rotatable bonds is 10. The van der Waals surface area contributed by atoms with Gasteiger partial charge in [0.15, 0.2) is 0 Å². The first-order valence-electron chi connectivity index (χ1n) is 11.6. The zero-order valence-corrected chi connectivity index (χ0v) is 18.8. The second kappa shape index (κ2) is 10.1. The number of aliphatic carboxylic acids is 1. The molecule has 0 bridgehead atoms. The standard InChI is InChI=1S/C26H30N2O5/c1-2-7-22(24(29)27-23(25(30)31)14-16-12-13-16)28-26(32)33-15-21-19-10-5-3-8-17(19)18-9-4-6-11-20(18)21/h3-6,8-11,16,21-23H,2,7,12-15H2,1H3,(H,27,29)(H,28,32)(H,30,31)/t22-,23?/m0/s1. The monoisotopic (exact) mass is 450 g/mol. The molecule has 0 saturated heterocycles. The van der Waals surface area contributed by atoms with E-state index in [0.717, 1.165) is 35.1 Å². The van der Waals surface area contributed by atoms with Crippen molar-refractivity contribution in [2.45, 2.75) is 57.0 Å². The molecule has 3 N–H and O–H groups in total. The molecule has 0 aliphatic heterocycles. The van der Waals surface area contributed by atoms with Crippen LogP contribution in [0, 0.1) is 5.92 Å². The number of carbonyl (C=O) groups is 3. The molecular weight excluding hydrogens is 420 g/mol. The van der Waals surface area contributed by atoms with Gasteiger partial charge in [0.05, 0.1) is 0 Å². The van der Waals surface area contributed by atoms with Crippen LogP contribution >= 0.6 is 0 Å². The molecule has 1 fully saturated rings. The fraction of sp³-hybridized carbons (Fsp3) is 0.423. The zero-order valence-electron chi connectivity index (χ0n) is 18.8. The number of hydrogen-bond acceptors (Lipinski definition) is 4. The van der Waals surface area contributed by atoms with E-state index in [2.05, 4.69) is 22.8 Å². The first kappa shape index (κ1) is 22.8. The number of hydrogen-bond donors (Lipinski definition) is 3. The molecule has 7 nitrogen and oxygen atoms in total. The molecule has 174 valence electrons. The maximum atomic E-state index is 12.7. The first-order chi connectivity index (χ1) is 16.0. The smallest absolute Gasteiger partial charge is 0.407 e. The minimum absolute atomic E-state index is 0.0727. The third-order valence-electron chi connectivity index (χ3n) is 6.41. The van der Waals surface area contributed by atoms with Gasteiger partial charge in [-0.25, -0.2) is 9.59 Å². The number of carboxylic acid groups (broad SMARTS) is 1. The molecule has 2 aromatic carbocycles. The highest BCUT2D eigenvalue weighted by atomic mass is 16.5. The minimum Gasteiger partial charge on any atom is -0.480 e. The summed E-state index contributed by atoms with van der Waals surface area (Å²) in [6.07, 6.45) is 2.78. The maximum absolute atomic E-state index is 12.7. The summed E-state index contributed by atoms with van der Waals surface area (Å²) in [6.45, 7) is 2.05. The fourth-order valence-corrected chi connectivity index (χ4v) is 4.52. The Morgan fingerprint density at radius 2 is 1.58 bits per heavy atom. The van der Waals surface area contributed by atoms with Gasteiger partial charge in [0.1, 0.15) is 18.7 Å². The van der Waals surface area contributed by atoms with E-state index in [1.54, 1.807) is 0 Å². The van der Waals surface area contributed by atoms with Crippen LogP contribution in [0.15, 0.2) is 48.5 Å². The van der Waals surface area contributed by atoms with Gasteiger partial charge in [-0.3, -0.25) is 4.79 Å². The third-order valence-corrected chi connectivity index (χ3v) is 6.41. The average molecular weight is 451 g/mol. The number of nitrogens with one attached hydrogen (secondary N) is 2. The second-order valence-electron chi connectivity index (χ2n) is 8.89. The van der Waals surface area contributed by atoms with Crippen LogP contribution in [-0.4, -0.2) is 41.8 Å². The summed E-state index contributed by atoms with van der Waals surface area (Å²) in [5.74, 6) is -1.26. The number of carboxylic acids is 1. The average Bonchev–Trinajstić information content (AvgIpc) is 3.57. The molecule has 2 aliphatic rings. The summed E-state index contributed by atoms with van der Waals surface area (Å²) in [4.78, 5) is 36.8. The molecule has 2 aromatic rings. The fourth-order valence-electron chi connectivity index (χ4n) is 4.52. The van der Waals surface area contributed by atoms with Crippen LogP contribution < -0.4 is 10.6 Å². The highest BCUT2D eigenvalue weighted by Gasteiger charge is 2.33. The van der Waals surface area contributed by atoms with Gasteiger partial charge in [-0.2, -0.15) is 0 Å². The normalized spacial score (nSPS) is 16.3. The van der Waals surface area contributed by atoms with Crippen LogP contribution in [0.3, 0.4) is 0 Å². The SMILES string of the molecule is CCC[C@H](NC(=O)OCC1c2ccccc2-c2ccccc21)C(=O)NC(CC1CC1)C(=O)O. The van der Waals surface area contributed by atoms with Gasteiger partial charge < -0.3 is 20.5 Å². The summed E-state index contributed by atoms with van der Waals surface area (Å²) in [6, 6.07) is 14.4. The summed E-state index contributed by atoms with van der Waals surface area (Å²) >= 11 is 0. The van der Waals surface area contributed by atoms with Crippen molar-refractivity contribution in [2.75, 3.05) is 6.61 Å². The predicted molar refractivity (Wildman–Crippen MR) is 124 cm³/mol. The summed E-state index contributed by atoms with van der Waals surface area (Å²) in [5, 5.41) is 14.7. The van der Waals surface area contributed by atoms with Gasteiger partial charge in [-0.1, -0.05) is 74.7 Å². The Hall–Kier alpha value is -3.35. The Bertz CT molecular complexity index is 987. The Morgan fingerprint density at radius 1 is 0.970 bits per heavy atom. The highest BCUT2D eigenvalue weighted by molar-refractivity contribution is 5.89. The minimum atomic E-state index is -1.05. The van der Waals surface area contributed by atoms with Crippen LogP contribution in [0.25, 0.3) is 11.1 Å². The highest BCUT2D eigenvalue weighted by Crippen LogP contribution is 2.44. The molecule has 2 amide bonds. The molecule has 0 aromatic heterocycles. The van der Waals surface area contributed by atoms with E-state index in [1.807, 2.05) is 43.3 Å². The van der Waals surface area contributed by atoms with Crippen LogP contribution in [0.1, 0.15) is 56.1 Å². The lowest BCUT2D eigenvalue weighted by atomic mass is 9.98. The number of ether oxygens (including phenoxy) is 1. The molecule has 1 unspecified atom stereocenters. The lowest BCUT2D eigenvalue weighted by Gasteiger charge is -2.21. The van der Waals surface area contributed by atoms with Crippen molar-refractivity contribution < 1.29 is 24.2 Å². The van der Waals surface area contributed by atoms with Crippen LogP contribution in [0.5, 0.6) is 0 Å². The summed E-state index contributed by atoms with van der Waals surface area (Å²) in [5.41, 5.74) is 4.50. The van der Waals surface area contributed by atoms with Crippen LogP contribution in [0.4, 0.5) is 4.79 Å². The Labute approximate surface area is 193 Å². The quantitative estimate of drug-likeness (QED) is 0.506. The molecule has 0 spiro atoms. The van der Waals surface area contributed by atoms with Gasteiger partial charge >= 0.3 is 12.1 Å². The van der Waals surface area contributed by atoms with Crippen molar-refractivity contribution in [3.8, 4) is 11.1 Å². The molecule has 0 radical (unpaired) electrons. The molecular formula is C26H30N2O5. The van der Waals surface area contributed by atoms with E-state index in [4.69, 9.17) is 4.74 Å². The molecule has 4 rings (SSSR count). The maximum Gasteiger partial charge on any atom is 0.407 e. The zero-order chi connectivity index (χ0) is 23.4. The molecule has 2 atom stereocenters. The van der Waals surface area contributed by atoms with Crippen LogP contribution in [0.2, 0.25) is 0 Å².